The van der Waals surface area contributed by atoms with Gasteiger partial charge in [0.15, 0.2) is 0 Å². The third kappa shape index (κ3) is 13.7. The van der Waals surface area contributed by atoms with Gasteiger partial charge in [0.1, 0.15) is 35.6 Å². The fourth-order valence-electron chi connectivity index (χ4n) is 5.83. The van der Waals surface area contributed by atoms with Crippen molar-refractivity contribution in [2.45, 2.75) is 76.5 Å². The zero-order valence-electron chi connectivity index (χ0n) is 31.7. The molecular formula is C42H53FN5O7P. The van der Waals surface area contributed by atoms with Gasteiger partial charge in [0.2, 0.25) is 5.91 Å². The van der Waals surface area contributed by atoms with Crippen molar-refractivity contribution in [1.29, 1.82) is 0 Å². The highest BCUT2D eigenvalue weighted by Crippen LogP contribution is 2.48. The number of hydrogen-bond donors (Lipinski definition) is 5. The minimum absolute atomic E-state index is 0.0373. The number of anilines is 1. The van der Waals surface area contributed by atoms with Crippen LogP contribution >= 0.6 is 7.75 Å². The molecule has 14 heteroatoms. The summed E-state index contributed by atoms with van der Waals surface area (Å²) in [6.45, 7) is 1.42. The van der Waals surface area contributed by atoms with Gasteiger partial charge in [0, 0.05) is 36.7 Å². The summed E-state index contributed by atoms with van der Waals surface area (Å²) in [5, 5.41) is 28.3. The molecular weight excluding hydrogens is 736 g/mol. The molecule has 0 spiro atoms. The van der Waals surface area contributed by atoms with E-state index in [4.69, 9.17) is 14.8 Å². The number of unbranched alkanes of at least 4 members (excludes halogenated alkanes) is 1. The van der Waals surface area contributed by atoms with Crippen LogP contribution < -0.4 is 26.4 Å². The smallest absolute Gasteiger partial charge is 0.413 e. The molecule has 1 amide bonds. The summed E-state index contributed by atoms with van der Waals surface area (Å²) in [5.41, 5.74) is 4.19. The first kappa shape index (κ1) is 43.8. The van der Waals surface area contributed by atoms with Crippen LogP contribution in [0.5, 0.6) is 5.75 Å². The summed E-state index contributed by atoms with van der Waals surface area (Å²) < 4.78 is 42.2. The summed E-state index contributed by atoms with van der Waals surface area (Å²) in [4.78, 5) is 28.5. The number of nitrogen functional groups attached to an aromatic ring is 1. The van der Waals surface area contributed by atoms with Gasteiger partial charge in [-0.25, -0.2) is 18.8 Å². The first-order chi connectivity index (χ1) is 27.1. The average Bonchev–Trinajstić information content (AvgIpc) is 3.39. The molecule has 0 saturated heterocycles. The molecule has 1 aliphatic rings. The van der Waals surface area contributed by atoms with Crippen LogP contribution in [0.1, 0.15) is 64.3 Å². The Labute approximate surface area is 327 Å². The van der Waals surface area contributed by atoms with Crippen LogP contribution in [0.2, 0.25) is 0 Å². The lowest BCUT2D eigenvalue weighted by Crippen LogP contribution is -2.36. The highest BCUT2D eigenvalue weighted by atomic mass is 31.2. The van der Waals surface area contributed by atoms with Gasteiger partial charge in [-0.05, 0) is 62.5 Å². The molecule has 2 unspecified atom stereocenters. The molecule has 56 heavy (non-hydrogen) atoms. The highest BCUT2D eigenvalue weighted by Gasteiger charge is 2.44. The molecule has 300 valence electrons. The lowest BCUT2D eigenvalue weighted by atomic mass is 10.1. The maximum Gasteiger partial charge on any atom is 0.459 e. The largest absolute Gasteiger partial charge is 0.459 e. The first-order valence-electron chi connectivity index (χ1n) is 18.9. The molecule has 0 bridgehead atoms. The Morgan fingerprint density at radius 2 is 1.57 bits per heavy atom. The van der Waals surface area contributed by atoms with E-state index in [1.807, 2.05) is 18.2 Å². The number of hydrogen-bond acceptors (Lipinski definition) is 9. The summed E-state index contributed by atoms with van der Waals surface area (Å²) in [5.74, 6) is -1.11. The van der Waals surface area contributed by atoms with Crippen LogP contribution in [0.15, 0.2) is 132 Å². The molecule has 6 N–H and O–H groups in total. The Kier molecular flexibility index (Phi) is 18.2. The van der Waals surface area contributed by atoms with Gasteiger partial charge in [-0.2, -0.15) is 4.98 Å². The predicted molar refractivity (Wildman–Crippen MR) is 220 cm³/mol. The number of benzene rings is 2. The van der Waals surface area contributed by atoms with Gasteiger partial charge in [0.25, 0.3) is 0 Å². The molecule has 4 atom stereocenters. The number of amides is 1. The standard InChI is InChI=1S/C42H53FN5O7P/c1-2-3-4-5-6-7-8-9-10-11-12-13-14-15-16-17-18-26-37(49)45-28-29-46-56(53,55-35-25-21-23-32-22-19-20-24-33(32)35)54-31-34-38(43)39(41(51)40(34)50)48-30-27-36(44)47-42(48)52/h3-4,6-7,9-10,12-13,15-16,19-25,27,30,39-41,50-51H,2,5,8,11,14,17-18,26,28-29,31H2,1H3,(H,45,49)(H,46,53)(H2,44,47,52)/b4-3-,7-6-,10-9-,13-12-,16-15-/t39?,40-,41+,56?/m1/s1. The molecule has 0 radical (unpaired) electrons. The molecule has 0 fully saturated rings. The van der Waals surface area contributed by atoms with Crippen molar-refractivity contribution in [1.82, 2.24) is 20.0 Å². The van der Waals surface area contributed by atoms with Crippen molar-refractivity contribution >= 4 is 30.2 Å². The van der Waals surface area contributed by atoms with Crippen molar-refractivity contribution in [2.24, 2.45) is 0 Å². The molecule has 2 aromatic carbocycles. The van der Waals surface area contributed by atoms with E-state index in [0.29, 0.717) is 18.2 Å². The molecule has 0 aliphatic heterocycles. The molecule has 4 rings (SSSR count). The molecule has 3 aromatic rings. The molecule has 1 aromatic heterocycles. The lowest BCUT2D eigenvalue weighted by Gasteiger charge is -2.22. The van der Waals surface area contributed by atoms with E-state index in [1.54, 1.807) is 24.3 Å². The van der Waals surface area contributed by atoms with Crippen molar-refractivity contribution in [3.05, 3.63) is 137 Å². The van der Waals surface area contributed by atoms with Gasteiger partial charge < -0.3 is 25.8 Å². The van der Waals surface area contributed by atoms with Crippen LogP contribution in [0.3, 0.4) is 0 Å². The normalized spacial score (nSPS) is 18.8. The Balaban J connectivity index is 1.25. The molecule has 0 saturated carbocycles. The zero-order valence-corrected chi connectivity index (χ0v) is 32.6. The van der Waals surface area contributed by atoms with Gasteiger partial charge in [-0.1, -0.05) is 104 Å². The quantitative estimate of drug-likeness (QED) is 0.0372. The SMILES string of the molecule is CC/C=C\C/C=C\C/C=C\C/C=C\C/C=C\CCCC(=O)NCCNP(=O)(OCC1=C(F)C(n2ccc(N)nc2=O)[C@H](O)[C@@H]1O)Oc1cccc2ccccc12. The minimum atomic E-state index is -4.31. The highest BCUT2D eigenvalue weighted by molar-refractivity contribution is 7.52. The van der Waals surface area contributed by atoms with Crippen molar-refractivity contribution < 1.29 is 33.0 Å². The number of halogens is 1. The van der Waals surface area contributed by atoms with Gasteiger partial charge in [0.05, 0.1) is 6.61 Å². The lowest BCUT2D eigenvalue weighted by molar-refractivity contribution is -0.121. The van der Waals surface area contributed by atoms with Crippen LogP contribution in [-0.4, -0.2) is 57.6 Å². The Morgan fingerprint density at radius 1 is 0.929 bits per heavy atom. The fourth-order valence-corrected chi connectivity index (χ4v) is 7.16. The van der Waals surface area contributed by atoms with E-state index in [0.717, 1.165) is 54.7 Å². The van der Waals surface area contributed by atoms with Crippen molar-refractivity contribution in [2.75, 3.05) is 25.4 Å². The van der Waals surface area contributed by atoms with E-state index in [-0.39, 0.29) is 30.6 Å². The third-order valence-corrected chi connectivity index (χ3v) is 10.3. The molecule has 1 heterocycles. The number of fused-ring (bicyclic) bond motifs is 1. The topological polar surface area (TPSA) is 178 Å². The zero-order chi connectivity index (χ0) is 40.2. The minimum Gasteiger partial charge on any atom is -0.413 e. The predicted octanol–water partition coefficient (Wildman–Crippen LogP) is 7.31. The number of rotatable bonds is 23. The van der Waals surface area contributed by atoms with Crippen LogP contribution in [0.25, 0.3) is 10.8 Å². The van der Waals surface area contributed by atoms with Gasteiger partial charge >= 0.3 is 13.4 Å². The Hall–Kier alpha value is -4.91. The van der Waals surface area contributed by atoms with E-state index in [1.165, 1.54) is 6.07 Å². The average molecular weight is 790 g/mol. The number of aromatic nitrogens is 2. The number of nitrogens with zero attached hydrogens (tertiary/aromatic N) is 2. The van der Waals surface area contributed by atoms with Crippen molar-refractivity contribution in [3.63, 3.8) is 0 Å². The number of carbonyl (C=O) groups excluding carboxylic acids is 1. The maximum absolute atomic E-state index is 15.7. The van der Waals surface area contributed by atoms with E-state index >= 15 is 4.39 Å². The second kappa shape index (κ2) is 23.2. The number of nitrogens with two attached hydrogens (primary N) is 1. The number of carbonyl (C=O) groups is 1. The summed E-state index contributed by atoms with van der Waals surface area (Å²) in [6.07, 6.45) is 25.4. The second-order valence-corrected chi connectivity index (χ2v) is 14.7. The molecule has 1 aliphatic carbocycles. The van der Waals surface area contributed by atoms with Gasteiger partial charge in [-0.3, -0.25) is 13.9 Å². The summed E-state index contributed by atoms with van der Waals surface area (Å²) in [6, 6.07) is 12.1. The number of allylic oxidation sites excluding steroid dienone is 10. The van der Waals surface area contributed by atoms with E-state index in [2.05, 4.69) is 83.1 Å². The second-order valence-electron chi connectivity index (χ2n) is 13.0. The van der Waals surface area contributed by atoms with Crippen LogP contribution in [0.4, 0.5) is 10.2 Å². The van der Waals surface area contributed by atoms with Gasteiger partial charge in [-0.15, -0.1) is 0 Å². The number of aliphatic hydroxyl groups is 2. The van der Waals surface area contributed by atoms with E-state index in [9.17, 15) is 24.4 Å². The first-order valence-corrected chi connectivity index (χ1v) is 20.5. The van der Waals surface area contributed by atoms with Crippen LogP contribution in [-0.2, 0) is 13.9 Å². The number of aliphatic hydroxyl groups excluding tert-OH is 2. The van der Waals surface area contributed by atoms with E-state index < -0.39 is 49.7 Å². The Morgan fingerprint density at radius 3 is 2.25 bits per heavy atom. The summed E-state index contributed by atoms with van der Waals surface area (Å²) in [7, 11) is -4.31. The summed E-state index contributed by atoms with van der Waals surface area (Å²) >= 11 is 0. The monoisotopic (exact) mass is 789 g/mol. The van der Waals surface area contributed by atoms with Crippen LogP contribution in [0, 0.1) is 0 Å². The Bertz CT molecular complexity index is 2020. The fraction of sp³-hybridized carbons (Fsp3) is 0.357. The maximum atomic E-state index is 15.7. The third-order valence-electron chi connectivity index (χ3n) is 8.76. The van der Waals surface area contributed by atoms with Crippen molar-refractivity contribution in [3.8, 4) is 5.75 Å². The number of nitrogens with one attached hydrogen (secondary N) is 2. The molecule has 12 nitrogen and oxygen atoms in total.